The Labute approximate surface area is 110 Å². The van der Waals surface area contributed by atoms with Gasteiger partial charge in [-0.3, -0.25) is 4.90 Å². The van der Waals surface area contributed by atoms with E-state index in [9.17, 15) is 5.11 Å². The molecule has 0 aromatic carbocycles. The van der Waals surface area contributed by atoms with Crippen LogP contribution in [0.5, 0.6) is 0 Å². The van der Waals surface area contributed by atoms with Crippen LogP contribution in [-0.4, -0.2) is 48.0 Å². The summed E-state index contributed by atoms with van der Waals surface area (Å²) in [6, 6.07) is 1.45. The molecule has 2 aliphatic heterocycles. The number of ether oxygens (including phenoxy) is 1. The average molecular weight is 253 g/mol. The molecule has 0 aromatic rings. The maximum Gasteiger partial charge on any atom is 0.0605 e. The van der Waals surface area contributed by atoms with Crippen LogP contribution in [0.1, 0.15) is 45.4 Å². The third kappa shape index (κ3) is 2.89. The van der Waals surface area contributed by atoms with Crippen molar-refractivity contribution in [3.05, 3.63) is 0 Å². The number of fused-ring (bicyclic) bond motifs is 2. The van der Waals surface area contributed by atoms with E-state index in [0.29, 0.717) is 18.6 Å². The van der Waals surface area contributed by atoms with Crippen LogP contribution < -0.4 is 0 Å². The van der Waals surface area contributed by atoms with E-state index in [2.05, 4.69) is 11.8 Å². The molecule has 3 rings (SSSR count). The highest BCUT2D eigenvalue weighted by Gasteiger charge is 2.41. The van der Waals surface area contributed by atoms with Gasteiger partial charge in [-0.05, 0) is 50.4 Å². The van der Waals surface area contributed by atoms with Gasteiger partial charge in [0.05, 0.1) is 6.10 Å². The fourth-order valence-corrected chi connectivity index (χ4v) is 3.63. The largest absolute Gasteiger partial charge is 0.396 e. The Kier molecular flexibility index (Phi) is 3.92. The molecule has 2 bridgehead atoms. The fraction of sp³-hybridized carbons (Fsp3) is 1.00. The minimum Gasteiger partial charge on any atom is -0.396 e. The van der Waals surface area contributed by atoms with Gasteiger partial charge in [-0.2, -0.15) is 0 Å². The SMILES string of the molecule is CC(CO)CN1[C@@H]2CC[C@H]1CC(OCC1CC1)C2. The van der Waals surface area contributed by atoms with Crippen molar-refractivity contribution >= 4 is 0 Å². The summed E-state index contributed by atoms with van der Waals surface area (Å²) < 4.78 is 6.09. The number of piperidine rings is 1. The summed E-state index contributed by atoms with van der Waals surface area (Å²) in [6.45, 7) is 4.55. The van der Waals surface area contributed by atoms with Gasteiger partial charge in [0.2, 0.25) is 0 Å². The molecule has 2 unspecified atom stereocenters. The van der Waals surface area contributed by atoms with E-state index >= 15 is 0 Å². The summed E-state index contributed by atoms with van der Waals surface area (Å²) in [5.74, 6) is 1.30. The second kappa shape index (κ2) is 5.48. The van der Waals surface area contributed by atoms with E-state index in [-0.39, 0.29) is 0 Å². The molecule has 0 spiro atoms. The van der Waals surface area contributed by atoms with Crippen molar-refractivity contribution in [2.45, 2.75) is 63.6 Å². The molecule has 0 amide bonds. The molecular formula is C15H27NO2. The molecule has 104 valence electrons. The molecule has 0 aromatic heterocycles. The third-order valence-electron chi connectivity index (χ3n) is 4.94. The number of aliphatic hydroxyl groups is 1. The van der Waals surface area contributed by atoms with Crippen molar-refractivity contribution in [2.24, 2.45) is 11.8 Å². The number of rotatable bonds is 6. The first-order valence-corrected chi connectivity index (χ1v) is 7.74. The first kappa shape index (κ1) is 12.9. The molecule has 1 N–H and O–H groups in total. The Hall–Kier alpha value is -0.120. The summed E-state index contributed by atoms with van der Waals surface area (Å²) in [6.07, 6.45) is 8.42. The predicted octanol–water partition coefficient (Wildman–Crippen LogP) is 2.04. The van der Waals surface area contributed by atoms with Crippen LogP contribution in [0.3, 0.4) is 0 Å². The van der Waals surface area contributed by atoms with Crippen molar-refractivity contribution < 1.29 is 9.84 Å². The lowest BCUT2D eigenvalue weighted by atomic mass is 9.98. The summed E-state index contributed by atoms with van der Waals surface area (Å²) in [4.78, 5) is 2.65. The van der Waals surface area contributed by atoms with Gasteiger partial charge in [0.15, 0.2) is 0 Å². The van der Waals surface area contributed by atoms with Crippen molar-refractivity contribution in [3.8, 4) is 0 Å². The van der Waals surface area contributed by atoms with Crippen LogP contribution in [-0.2, 0) is 4.74 Å². The van der Waals surface area contributed by atoms with Gasteiger partial charge in [-0.15, -0.1) is 0 Å². The van der Waals surface area contributed by atoms with Crippen molar-refractivity contribution in [1.29, 1.82) is 0 Å². The van der Waals surface area contributed by atoms with Gasteiger partial charge in [0.1, 0.15) is 0 Å². The lowest BCUT2D eigenvalue weighted by Gasteiger charge is -2.40. The zero-order valence-electron chi connectivity index (χ0n) is 11.6. The molecule has 1 aliphatic carbocycles. The predicted molar refractivity (Wildman–Crippen MR) is 71.5 cm³/mol. The van der Waals surface area contributed by atoms with Crippen molar-refractivity contribution in [1.82, 2.24) is 4.90 Å². The molecule has 4 atom stereocenters. The summed E-state index contributed by atoms with van der Waals surface area (Å²) in [7, 11) is 0. The Bertz CT molecular complexity index is 266. The zero-order chi connectivity index (χ0) is 12.5. The number of hydrogen-bond donors (Lipinski definition) is 1. The fourth-order valence-electron chi connectivity index (χ4n) is 3.63. The maximum atomic E-state index is 9.21. The average Bonchev–Trinajstić information content (AvgIpc) is 3.16. The lowest BCUT2D eigenvalue weighted by Crippen LogP contribution is -2.47. The molecule has 2 saturated heterocycles. The Morgan fingerprint density at radius 2 is 1.83 bits per heavy atom. The van der Waals surface area contributed by atoms with Crippen LogP contribution in [0.15, 0.2) is 0 Å². The topological polar surface area (TPSA) is 32.7 Å². The van der Waals surface area contributed by atoms with Gasteiger partial charge in [-0.25, -0.2) is 0 Å². The van der Waals surface area contributed by atoms with Crippen LogP contribution in [0, 0.1) is 11.8 Å². The molecular weight excluding hydrogens is 226 g/mol. The first-order valence-electron chi connectivity index (χ1n) is 7.74. The zero-order valence-corrected chi connectivity index (χ0v) is 11.6. The highest BCUT2D eigenvalue weighted by Crippen LogP contribution is 2.38. The van der Waals surface area contributed by atoms with Crippen molar-refractivity contribution in [2.75, 3.05) is 19.8 Å². The monoisotopic (exact) mass is 253 g/mol. The third-order valence-corrected chi connectivity index (χ3v) is 4.94. The van der Waals surface area contributed by atoms with E-state index in [4.69, 9.17) is 4.74 Å². The number of hydrogen-bond acceptors (Lipinski definition) is 3. The summed E-state index contributed by atoms with van der Waals surface area (Å²) in [5, 5.41) is 9.21. The van der Waals surface area contributed by atoms with Crippen LogP contribution in [0.4, 0.5) is 0 Å². The van der Waals surface area contributed by atoms with E-state index < -0.39 is 0 Å². The normalized spacial score (nSPS) is 38.0. The highest BCUT2D eigenvalue weighted by atomic mass is 16.5. The Balaban J connectivity index is 1.49. The molecule has 3 aliphatic rings. The standard InChI is InChI=1S/C15H27NO2/c1-11(9-17)8-16-13-4-5-14(16)7-15(6-13)18-10-12-2-3-12/h11-15,17H,2-10H2,1H3/t11?,13-,14+,15?. The minimum atomic E-state index is 0.317. The molecule has 2 heterocycles. The van der Waals surface area contributed by atoms with Gasteiger partial charge < -0.3 is 9.84 Å². The molecule has 3 nitrogen and oxygen atoms in total. The van der Waals surface area contributed by atoms with Gasteiger partial charge in [0, 0.05) is 31.8 Å². The first-order chi connectivity index (χ1) is 8.76. The summed E-state index contributed by atoms with van der Waals surface area (Å²) in [5.41, 5.74) is 0. The Morgan fingerprint density at radius 1 is 1.17 bits per heavy atom. The van der Waals surface area contributed by atoms with E-state index in [0.717, 1.165) is 31.2 Å². The second-order valence-corrected chi connectivity index (χ2v) is 6.74. The second-order valence-electron chi connectivity index (χ2n) is 6.74. The summed E-state index contributed by atoms with van der Waals surface area (Å²) >= 11 is 0. The molecule has 3 fully saturated rings. The van der Waals surface area contributed by atoms with Crippen molar-refractivity contribution in [3.63, 3.8) is 0 Å². The van der Waals surface area contributed by atoms with E-state index in [1.165, 1.54) is 38.5 Å². The van der Waals surface area contributed by atoms with Gasteiger partial charge in [-0.1, -0.05) is 6.92 Å². The van der Waals surface area contributed by atoms with Crippen LogP contribution in [0.2, 0.25) is 0 Å². The van der Waals surface area contributed by atoms with Crippen LogP contribution >= 0.6 is 0 Å². The molecule has 3 heteroatoms. The van der Waals surface area contributed by atoms with Gasteiger partial charge in [0.25, 0.3) is 0 Å². The maximum absolute atomic E-state index is 9.21. The number of aliphatic hydroxyl groups excluding tert-OH is 1. The smallest absolute Gasteiger partial charge is 0.0605 e. The van der Waals surface area contributed by atoms with Crippen LogP contribution in [0.25, 0.3) is 0 Å². The molecule has 0 radical (unpaired) electrons. The van der Waals surface area contributed by atoms with E-state index in [1.807, 2.05) is 0 Å². The highest BCUT2D eigenvalue weighted by molar-refractivity contribution is 4.96. The quantitative estimate of drug-likeness (QED) is 0.786. The lowest BCUT2D eigenvalue weighted by molar-refractivity contribution is -0.0288. The minimum absolute atomic E-state index is 0.317. The van der Waals surface area contributed by atoms with E-state index in [1.54, 1.807) is 0 Å². The molecule has 1 saturated carbocycles. The van der Waals surface area contributed by atoms with Gasteiger partial charge >= 0.3 is 0 Å². The Morgan fingerprint density at radius 3 is 2.39 bits per heavy atom. The number of nitrogens with zero attached hydrogens (tertiary/aromatic N) is 1. The molecule has 18 heavy (non-hydrogen) atoms.